The lowest BCUT2D eigenvalue weighted by Gasteiger charge is -2.12. The van der Waals surface area contributed by atoms with Gasteiger partial charge < -0.3 is 5.73 Å². The van der Waals surface area contributed by atoms with Crippen LogP contribution in [-0.4, -0.2) is 5.78 Å². The normalized spacial score (nSPS) is 12.2. The molecule has 2 aromatic carbocycles. The molecule has 0 aliphatic heterocycles. The number of carbonyl (C=O) groups is 1. The van der Waals surface area contributed by atoms with E-state index in [1.165, 1.54) is 6.07 Å². The van der Waals surface area contributed by atoms with Gasteiger partial charge in [-0.2, -0.15) is 0 Å². The molecule has 0 radical (unpaired) electrons. The molecule has 0 bridgehead atoms. The lowest BCUT2D eigenvalue weighted by molar-refractivity contribution is 0.0971. The number of hydrogen-bond donors (Lipinski definition) is 1. The van der Waals surface area contributed by atoms with Gasteiger partial charge in [-0.25, -0.2) is 4.39 Å². The van der Waals surface area contributed by atoms with Crippen molar-refractivity contribution in [3.05, 3.63) is 65.0 Å². The largest absolute Gasteiger partial charge is 0.399 e. The summed E-state index contributed by atoms with van der Waals surface area (Å²) in [7, 11) is 0. The Morgan fingerprint density at radius 1 is 1.20 bits per heavy atom. The first-order chi connectivity index (χ1) is 9.47. The predicted octanol–water partition coefficient (Wildman–Crippen LogP) is 4.09. The number of nitrogens with two attached hydrogens (primary N) is 1. The van der Waals surface area contributed by atoms with Crippen molar-refractivity contribution in [1.29, 1.82) is 0 Å². The van der Waals surface area contributed by atoms with Gasteiger partial charge in [-0.05, 0) is 42.7 Å². The van der Waals surface area contributed by atoms with Crippen molar-refractivity contribution in [3.8, 4) is 0 Å². The van der Waals surface area contributed by atoms with Gasteiger partial charge in [0.25, 0.3) is 0 Å². The molecule has 0 fully saturated rings. The molecule has 0 aliphatic carbocycles. The fourth-order valence-corrected chi connectivity index (χ4v) is 2.18. The van der Waals surface area contributed by atoms with Crippen LogP contribution in [0.5, 0.6) is 0 Å². The third kappa shape index (κ3) is 3.23. The minimum absolute atomic E-state index is 0.0306. The zero-order chi connectivity index (χ0) is 14.7. The number of carbonyl (C=O) groups excluding carboxylic acids is 1. The van der Waals surface area contributed by atoms with Gasteiger partial charge in [-0.3, -0.25) is 4.79 Å². The van der Waals surface area contributed by atoms with Crippen LogP contribution in [0, 0.1) is 12.7 Å². The van der Waals surface area contributed by atoms with Crippen LogP contribution in [0.3, 0.4) is 0 Å². The van der Waals surface area contributed by atoms with E-state index in [2.05, 4.69) is 0 Å². The highest BCUT2D eigenvalue weighted by molar-refractivity contribution is 5.97. The highest BCUT2D eigenvalue weighted by Crippen LogP contribution is 2.23. The van der Waals surface area contributed by atoms with E-state index in [0.717, 1.165) is 11.1 Å². The number of aryl methyl sites for hydroxylation is 1. The maximum Gasteiger partial charge on any atom is 0.166 e. The molecule has 2 rings (SSSR count). The summed E-state index contributed by atoms with van der Waals surface area (Å²) >= 11 is 0. The summed E-state index contributed by atoms with van der Waals surface area (Å²) < 4.78 is 13.7. The third-order valence-electron chi connectivity index (χ3n) is 3.42. The van der Waals surface area contributed by atoms with Crippen molar-refractivity contribution in [1.82, 2.24) is 0 Å². The SMILES string of the molecule is Cc1ccc(F)c(C(=O)CC(C)c2ccc(N)cc2)c1. The van der Waals surface area contributed by atoms with Crippen LogP contribution in [0.4, 0.5) is 10.1 Å². The van der Waals surface area contributed by atoms with Crippen LogP contribution in [0.1, 0.15) is 40.7 Å². The Bertz CT molecular complexity index is 619. The molecule has 2 aromatic rings. The number of ketones is 1. The van der Waals surface area contributed by atoms with Crippen LogP contribution in [0.2, 0.25) is 0 Å². The van der Waals surface area contributed by atoms with E-state index >= 15 is 0 Å². The molecule has 0 heterocycles. The molecule has 0 spiro atoms. The van der Waals surface area contributed by atoms with Crippen LogP contribution in [0.25, 0.3) is 0 Å². The molecular weight excluding hydrogens is 253 g/mol. The summed E-state index contributed by atoms with van der Waals surface area (Å²) in [6.45, 7) is 3.80. The van der Waals surface area contributed by atoms with E-state index in [0.29, 0.717) is 5.69 Å². The lowest BCUT2D eigenvalue weighted by Crippen LogP contribution is -2.07. The summed E-state index contributed by atoms with van der Waals surface area (Å²) in [6.07, 6.45) is 0.282. The first kappa shape index (κ1) is 14.3. The zero-order valence-corrected chi connectivity index (χ0v) is 11.7. The first-order valence-electron chi connectivity index (χ1n) is 6.62. The number of nitrogen functional groups attached to an aromatic ring is 1. The van der Waals surface area contributed by atoms with E-state index in [4.69, 9.17) is 5.73 Å². The third-order valence-corrected chi connectivity index (χ3v) is 3.42. The molecule has 20 heavy (non-hydrogen) atoms. The highest BCUT2D eigenvalue weighted by Gasteiger charge is 2.16. The maximum absolute atomic E-state index is 13.7. The molecule has 2 nitrogen and oxygen atoms in total. The fourth-order valence-electron chi connectivity index (χ4n) is 2.18. The number of benzene rings is 2. The number of anilines is 1. The maximum atomic E-state index is 13.7. The molecule has 0 amide bonds. The van der Waals surface area contributed by atoms with Crippen molar-refractivity contribution in [3.63, 3.8) is 0 Å². The first-order valence-corrected chi connectivity index (χ1v) is 6.62. The molecule has 104 valence electrons. The number of hydrogen-bond acceptors (Lipinski definition) is 2. The summed E-state index contributed by atoms with van der Waals surface area (Å²) in [5.74, 6) is -0.594. The van der Waals surface area contributed by atoms with Gasteiger partial charge in [0.1, 0.15) is 5.82 Å². The van der Waals surface area contributed by atoms with E-state index in [9.17, 15) is 9.18 Å². The lowest BCUT2D eigenvalue weighted by atomic mass is 9.92. The van der Waals surface area contributed by atoms with Gasteiger partial charge in [-0.15, -0.1) is 0 Å². The van der Waals surface area contributed by atoms with Gasteiger partial charge in [0, 0.05) is 12.1 Å². The van der Waals surface area contributed by atoms with E-state index in [-0.39, 0.29) is 23.7 Å². The van der Waals surface area contributed by atoms with Crippen LogP contribution < -0.4 is 5.73 Å². The second kappa shape index (κ2) is 5.87. The Kier molecular flexibility index (Phi) is 4.18. The monoisotopic (exact) mass is 271 g/mol. The average molecular weight is 271 g/mol. The van der Waals surface area contributed by atoms with Gasteiger partial charge in [0.05, 0.1) is 5.56 Å². The van der Waals surface area contributed by atoms with Gasteiger partial charge in [0.15, 0.2) is 5.78 Å². The quantitative estimate of drug-likeness (QED) is 0.672. The molecule has 3 heteroatoms. The minimum atomic E-state index is -0.454. The summed E-state index contributed by atoms with van der Waals surface area (Å²) in [5.41, 5.74) is 8.42. The van der Waals surface area contributed by atoms with Crippen molar-refractivity contribution in [2.75, 3.05) is 5.73 Å². The van der Waals surface area contributed by atoms with Crippen LogP contribution >= 0.6 is 0 Å². The minimum Gasteiger partial charge on any atom is -0.399 e. The van der Waals surface area contributed by atoms with E-state index in [1.54, 1.807) is 12.1 Å². The second-order valence-corrected chi connectivity index (χ2v) is 5.18. The second-order valence-electron chi connectivity index (χ2n) is 5.18. The number of halogens is 1. The van der Waals surface area contributed by atoms with Crippen LogP contribution in [0.15, 0.2) is 42.5 Å². The molecule has 0 saturated heterocycles. The molecule has 1 unspecified atom stereocenters. The van der Waals surface area contributed by atoms with Crippen molar-refractivity contribution < 1.29 is 9.18 Å². The van der Waals surface area contributed by atoms with Crippen molar-refractivity contribution in [2.45, 2.75) is 26.2 Å². The standard InChI is InChI=1S/C17H18FNO/c1-11-3-8-16(18)15(9-11)17(20)10-12(2)13-4-6-14(19)7-5-13/h3-9,12H,10,19H2,1-2H3. The van der Waals surface area contributed by atoms with Gasteiger partial charge in [-0.1, -0.05) is 30.7 Å². The summed E-state index contributed by atoms with van der Waals surface area (Å²) in [6, 6.07) is 12.0. The van der Waals surface area contributed by atoms with Crippen molar-refractivity contribution >= 4 is 11.5 Å². The Hall–Kier alpha value is -2.16. The molecule has 0 aromatic heterocycles. The molecule has 2 N–H and O–H groups in total. The van der Waals surface area contributed by atoms with Crippen LogP contribution in [-0.2, 0) is 0 Å². The summed E-state index contributed by atoms with van der Waals surface area (Å²) in [4.78, 5) is 12.2. The Balaban J connectivity index is 2.15. The molecule has 0 aliphatic rings. The molecular formula is C17H18FNO. The Morgan fingerprint density at radius 2 is 1.85 bits per heavy atom. The zero-order valence-electron chi connectivity index (χ0n) is 11.7. The molecule has 0 saturated carbocycles. The average Bonchev–Trinajstić information content (AvgIpc) is 2.42. The Morgan fingerprint density at radius 3 is 2.50 bits per heavy atom. The van der Waals surface area contributed by atoms with E-state index < -0.39 is 5.82 Å². The van der Waals surface area contributed by atoms with Gasteiger partial charge in [0.2, 0.25) is 0 Å². The number of rotatable bonds is 4. The van der Waals surface area contributed by atoms with Crippen molar-refractivity contribution in [2.24, 2.45) is 0 Å². The smallest absolute Gasteiger partial charge is 0.166 e. The number of Topliss-reactive ketones (excluding diaryl/α,β-unsaturated/α-hetero) is 1. The highest BCUT2D eigenvalue weighted by atomic mass is 19.1. The molecule has 1 atom stereocenters. The van der Waals surface area contributed by atoms with E-state index in [1.807, 2.05) is 38.1 Å². The van der Waals surface area contributed by atoms with Gasteiger partial charge >= 0.3 is 0 Å². The predicted molar refractivity (Wildman–Crippen MR) is 79.4 cm³/mol. The summed E-state index contributed by atoms with van der Waals surface area (Å²) in [5, 5.41) is 0. The topological polar surface area (TPSA) is 43.1 Å². The fraction of sp³-hybridized carbons (Fsp3) is 0.235. The Labute approximate surface area is 118 Å².